The number of carbonyl (C=O) groups is 1. The number of rotatable bonds is 8. The zero-order chi connectivity index (χ0) is 24.0. The Morgan fingerprint density at radius 1 is 1.06 bits per heavy atom. The molecular formula is C25H18BrCl2NO4. The number of carboxylic acids is 1. The van der Waals surface area contributed by atoms with Gasteiger partial charge >= 0.3 is 5.97 Å². The van der Waals surface area contributed by atoms with Crippen molar-refractivity contribution in [1.82, 2.24) is 0 Å². The van der Waals surface area contributed by atoms with Gasteiger partial charge in [-0.3, -0.25) is 0 Å². The van der Waals surface area contributed by atoms with Gasteiger partial charge in [0.25, 0.3) is 0 Å². The van der Waals surface area contributed by atoms with Gasteiger partial charge in [0.2, 0.25) is 0 Å². The molecule has 0 fully saturated rings. The van der Waals surface area contributed by atoms with Gasteiger partial charge in [-0.15, -0.1) is 0 Å². The van der Waals surface area contributed by atoms with Crippen LogP contribution in [0.2, 0.25) is 10.0 Å². The molecule has 0 amide bonds. The van der Waals surface area contributed by atoms with E-state index >= 15 is 0 Å². The van der Waals surface area contributed by atoms with Crippen LogP contribution >= 0.6 is 39.1 Å². The summed E-state index contributed by atoms with van der Waals surface area (Å²) in [5.74, 6) is -0.00428. The highest BCUT2D eigenvalue weighted by Gasteiger charge is 2.13. The van der Waals surface area contributed by atoms with Crippen molar-refractivity contribution in [3.8, 4) is 17.6 Å². The summed E-state index contributed by atoms with van der Waals surface area (Å²) in [4.78, 5) is 11.1. The zero-order valence-electron chi connectivity index (χ0n) is 17.4. The van der Waals surface area contributed by atoms with Crippen molar-refractivity contribution in [2.24, 2.45) is 0 Å². The van der Waals surface area contributed by atoms with Crippen LogP contribution < -0.4 is 9.47 Å². The minimum Gasteiger partial charge on any atom is -0.490 e. The topological polar surface area (TPSA) is 79.5 Å². The van der Waals surface area contributed by atoms with E-state index in [0.29, 0.717) is 49.3 Å². The predicted molar refractivity (Wildman–Crippen MR) is 133 cm³/mol. The summed E-state index contributed by atoms with van der Waals surface area (Å²) < 4.78 is 12.4. The molecule has 3 aromatic carbocycles. The molecule has 3 aromatic rings. The number of hydrogen-bond acceptors (Lipinski definition) is 4. The zero-order valence-corrected chi connectivity index (χ0v) is 20.5. The van der Waals surface area contributed by atoms with Crippen molar-refractivity contribution >= 4 is 56.8 Å². The fraction of sp³-hybridized carbons (Fsp3) is 0.120. The highest BCUT2D eigenvalue weighted by Crippen LogP contribution is 2.36. The van der Waals surface area contributed by atoms with E-state index in [-0.39, 0.29) is 12.2 Å². The van der Waals surface area contributed by atoms with Crippen LogP contribution in [0, 0.1) is 11.3 Å². The second kappa shape index (κ2) is 11.2. The first-order chi connectivity index (χ1) is 15.8. The van der Waals surface area contributed by atoms with Crippen LogP contribution in [0.3, 0.4) is 0 Å². The Labute approximate surface area is 209 Å². The molecule has 0 unspecified atom stereocenters. The smallest absolute Gasteiger partial charge is 0.335 e. The molecule has 0 radical (unpaired) electrons. The van der Waals surface area contributed by atoms with E-state index in [9.17, 15) is 10.1 Å². The molecule has 0 atom stereocenters. The van der Waals surface area contributed by atoms with Crippen molar-refractivity contribution in [2.45, 2.75) is 13.5 Å². The molecule has 168 valence electrons. The van der Waals surface area contributed by atoms with Gasteiger partial charge < -0.3 is 14.6 Å². The van der Waals surface area contributed by atoms with E-state index in [1.54, 1.807) is 48.5 Å². The lowest BCUT2D eigenvalue weighted by atomic mass is 10.0. The van der Waals surface area contributed by atoms with E-state index in [1.165, 1.54) is 12.1 Å². The summed E-state index contributed by atoms with van der Waals surface area (Å²) in [5.41, 5.74) is 2.61. The fourth-order valence-corrected chi connectivity index (χ4v) is 3.86. The average molecular weight is 547 g/mol. The number of nitrogens with zero attached hydrogens (tertiary/aromatic N) is 1. The fourth-order valence-electron chi connectivity index (χ4n) is 2.96. The molecule has 0 saturated heterocycles. The predicted octanol–water partition coefficient (Wildman–Crippen LogP) is 7.50. The summed E-state index contributed by atoms with van der Waals surface area (Å²) in [6.07, 6.45) is 1.70. The molecular weight excluding hydrogens is 529 g/mol. The van der Waals surface area contributed by atoms with Crippen molar-refractivity contribution in [3.63, 3.8) is 0 Å². The molecule has 0 aliphatic heterocycles. The van der Waals surface area contributed by atoms with E-state index in [2.05, 4.69) is 22.0 Å². The van der Waals surface area contributed by atoms with Crippen molar-refractivity contribution in [3.05, 3.63) is 91.4 Å². The monoisotopic (exact) mass is 545 g/mol. The Morgan fingerprint density at radius 3 is 2.33 bits per heavy atom. The first-order valence-corrected chi connectivity index (χ1v) is 11.4. The number of ether oxygens (including phenoxy) is 2. The third-order valence-electron chi connectivity index (χ3n) is 4.62. The molecule has 0 saturated carbocycles. The SMILES string of the molecule is CCOc1cc(/C=C(/C#N)c2ccc(C(=O)O)cc2)c(Br)cc1OCc1ccc(Cl)cc1Cl. The van der Waals surface area contributed by atoms with Crippen LogP contribution in [-0.4, -0.2) is 17.7 Å². The van der Waals surface area contributed by atoms with Crippen LogP contribution in [0.15, 0.2) is 59.1 Å². The van der Waals surface area contributed by atoms with Crippen LogP contribution in [0.25, 0.3) is 11.6 Å². The lowest BCUT2D eigenvalue weighted by Crippen LogP contribution is -2.01. The van der Waals surface area contributed by atoms with Gasteiger partial charge in [-0.05, 0) is 60.5 Å². The maximum absolute atomic E-state index is 11.1. The summed E-state index contributed by atoms with van der Waals surface area (Å²) in [6, 6.07) is 17.0. The van der Waals surface area contributed by atoms with Crippen LogP contribution in [0.4, 0.5) is 0 Å². The first kappa shape index (κ1) is 24.7. The number of hydrogen-bond donors (Lipinski definition) is 1. The Bertz CT molecular complexity index is 1250. The van der Waals surface area contributed by atoms with Gasteiger partial charge in [-0.1, -0.05) is 57.3 Å². The van der Waals surface area contributed by atoms with Gasteiger partial charge in [0.05, 0.1) is 23.8 Å². The van der Waals surface area contributed by atoms with E-state index < -0.39 is 5.97 Å². The molecule has 1 N–H and O–H groups in total. The number of benzene rings is 3. The van der Waals surface area contributed by atoms with Gasteiger partial charge in [-0.2, -0.15) is 5.26 Å². The normalized spacial score (nSPS) is 11.1. The molecule has 0 bridgehead atoms. The summed E-state index contributed by atoms with van der Waals surface area (Å²) >= 11 is 15.7. The highest BCUT2D eigenvalue weighted by atomic mass is 79.9. The first-order valence-electron chi connectivity index (χ1n) is 9.81. The molecule has 0 heterocycles. The Hall–Kier alpha value is -2.98. The van der Waals surface area contributed by atoms with Crippen LogP contribution in [-0.2, 0) is 6.61 Å². The number of carboxylic acid groups (broad SMARTS) is 1. The minimum atomic E-state index is -1.02. The molecule has 33 heavy (non-hydrogen) atoms. The van der Waals surface area contributed by atoms with Gasteiger partial charge in [0.15, 0.2) is 11.5 Å². The Balaban J connectivity index is 1.92. The Morgan fingerprint density at radius 2 is 1.73 bits per heavy atom. The standard InChI is InChI=1S/C25H18BrCl2NO4/c1-2-32-23-10-18(9-19(13-29)15-3-5-16(6-4-15)25(30)31)21(26)12-24(23)33-14-17-7-8-20(27)11-22(17)28/h3-12H,2,14H2,1H3,(H,30,31)/b19-9-. The average Bonchev–Trinajstić information content (AvgIpc) is 2.79. The number of nitriles is 1. The summed E-state index contributed by atoms with van der Waals surface area (Å²) in [5, 5.41) is 19.8. The van der Waals surface area contributed by atoms with E-state index in [1.807, 2.05) is 6.92 Å². The minimum absolute atomic E-state index is 0.151. The second-order valence-electron chi connectivity index (χ2n) is 6.83. The van der Waals surface area contributed by atoms with E-state index in [4.69, 9.17) is 37.8 Å². The maximum Gasteiger partial charge on any atom is 0.335 e. The maximum atomic E-state index is 11.1. The van der Waals surface area contributed by atoms with Crippen molar-refractivity contribution in [2.75, 3.05) is 6.61 Å². The lowest BCUT2D eigenvalue weighted by Gasteiger charge is -2.15. The quantitative estimate of drug-likeness (QED) is 0.234. The second-order valence-corrected chi connectivity index (χ2v) is 8.53. The highest BCUT2D eigenvalue weighted by molar-refractivity contribution is 9.10. The molecule has 3 rings (SSSR count). The van der Waals surface area contributed by atoms with E-state index in [0.717, 1.165) is 5.56 Å². The molecule has 0 aliphatic rings. The molecule has 0 spiro atoms. The number of halogens is 3. The Kier molecular flexibility index (Phi) is 8.40. The molecule has 0 aliphatic carbocycles. The lowest BCUT2D eigenvalue weighted by molar-refractivity contribution is 0.0697. The van der Waals surface area contributed by atoms with Crippen LogP contribution in [0.5, 0.6) is 11.5 Å². The van der Waals surface area contributed by atoms with Gasteiger partial charge in [0, 0.05) is 20.1 Å². The third-order valence-corrected chi connectivity index (χ3v) is 5.90. The number of aromatic carboxylic acids is 1. The van der Waals surface area contributed by atoms with Gasteiger partial charge in [0.1, 0.15) is 6.61 Å². The largest absolute Gasteiger partial charge is 0.490 e. The van der Waals surface area contributed by atoms with Crippen LogP contribution in [0.1, 0.15) is 34.0 Å². The number of allylic oxidation sites excluding steroid dienone is 1. The van der Waals surface area contributed by atoms with Gasteiger partial charge in [-0.25, -0.2) is 4.79 Å². The molecule has 0 aromatic heterocycles. The third kappa shape index (κ3) is 6.29. The van der Waals surface area contributed by atoms with Crippen molar-refractivity contribution in [1.29, 1.82) is 5.26 Å². The molecule has 5 nitrogen and oxygen atoms in total. The summed E-state index contributed by atoms with van der Waals surface area (Å²) in [7, 11) is 0. The molecule has 8 heteroatoms. The summed E-state index contributed by atoms with van der Waals surface area (Å²) in [6.45, 7) is 2.50. The van der Waals surface area contributed by atoms with Crippen molar-refractivity contribution < 1.29 is 19.4 Å².